The molecule has 21 rings (SSSR count). The molecule has 2 aliphatic heterocycles. The summed E-state index contributed by atoms with van der Waals surface area (Å²) in [7, 11) is 0. The van der Waals surface area contributed by atoms with Gasteiger partial charge in [0.1, 0.15) is 0 Å². The van der Waals surface area contributed by atoms with Crippen molar-refractivity contribution in [2.24, 2.45) is 0 Å². The van der Waals surface area contributed by atoms with Gasteiger partial charge in [-0.1, -0.05) is 359 Å². The van der Waals surface area contributed by atoms with E-state index >= 15 is 0 Å². The second-order valence-electron chi connectivity index (χ2n) is 34.1. The molecular weight excluding hydrogens is 1360 g/mol. The highest BCUT2D eigenvalue weighted by atomic mass is 15.2. The van der Waals surface area contributed by atoms with Gasteiger partial charge in [-0.3, -0.25) is 0 Å². The average molecular weight is 1460 g/mol. The van der Waals surface area contributed by atoms with Gasteiger partial charge in [0.05, 0.1) is 38.8 Å². The number of fused-ring (bicyclic) bond motifs is 17. The molecule has 1 aromatic heterocycles. The van der Waals surface area contributed by atoms with Gasteiger partial charge < -0.3 is 14.4 Å². The van der Waals surface area contributed by atoms with Crippen LogP contribution in [-0.2, 0) is 21.7 Å². The molecule has 3 nitrogen and oxygen atoms in total. The summed E-state index contributed by atoms with van der Waals surface area (Å²) >= 11 is 0. The van der Waals surface area contributed by atoms with E-state index in [1.165, 1.54) is 55.6 Å². The molecule has 0 radical (unpaired) electrons. The van der Waals surface area contributed by atoms with E-state index in [-0.39, 0.29) is 50.1 Å². The van der Waals surface area contributed by atoms with Gasteiger partial charge in [0.15, 0.2) is 0 Å². The van der Waals surface area contributed by atoms with Gasteiger partial charge in [-0.25, -0.2) is 0 Å². The summed E-state index contributed by atoms with van der Waals surface area (Å²) in [6.07, 6.45) is 0. The Balaban J connectivity index is 0.991. The van der Waals surface area contributed by atoms with Crippen LogP contribution >= 0.6 is 0 Å². The molecule has 0 unspecified atom stereocenters. The molecule has 1 spiro atoms. The molecular formula is C109H86BN3. The standard InChI is InChI=1S/C109H86BN3/c1-106(2,3)76-60-74(61-77(65-76)107(4,5)6)73-56-58-94-99(62-73)113(105-89(71-38-18-12-19-39-71)66-78(108(7,8)9)67-90(105)72-40-20-13-21-41-72)101-64-75(80-47-32-50-88-85-44-24-29-53-93(85)109(102(80)88)91-51-27-22-42-83(91)84-43-23-28-52-92(84)109)63-100-103(101)110(94)95-68-79(111-96-54-30-25-45-86(96)87-46-26-31-55-97(87)111)57-59-98(95)112(100)104-81(69-34-14-10-15-35-69)48-33-49-82(104)70-36-16-11-17-37-70/h10-68H,1-9H3/i25D,26D,30D,31D,45D,46D,54D,55D. The second kappa shape index (κ2) is 25.5. The van der Waals surface area contributed by atoms with E-state index in [1.807, 2.05) is 6.07 Å². The molecule has 540 valence electrons. The van der Waals surface area contributed by atoms with Crippen molar-refractivity contribution in [3.8, 4) is 94.7 Å². The Morgan fingerprint density at radius 2 is 0.681 bits per heavy atom. The summed E-state index contributed by atoms with van der Waals surface area (Å²) in [6, 6.07) is 111. The van der Waals surface area contributed by atoms with E-state index in [0.29, 0.717) is 5.69 Å². The molecule has 0 amide bonds. The van der Waals surface area contributed by atoms with Crippen LogP contribution in [0.15, 0.2) is 358 Å². The average Bonchev–Trinajstić information content (AvgIpc) is 1.49. The molecule has 0 bridgehead atoms. The lowest BCUT2D eigenvalue weighted by Crippen LogP contribution is -2.61. The van der Waals surface area contributed by atoms with Gasteiger partial charge in [-0.2, -0.15) is 0 Å². The van der Waals surface area contributed by atoms with Crippen LogP contribution in [0.3, 0.4) is 0 Å². The summed E-state index contributed by atoms with van der Waals surface area (Å²) in [6.45, 7) is 20.1. The van der Waals surface area contributed by atoms with E-state index in [9.17, 15) is 11.0 Å². The lowest BCUT2D eigenvalue weighted by atomic mass is 9.33. The third-order valence-corrected chi connectivity index (χ3v) is 24.5. The molecule has 16 aromatic carbocycles. The highest BCUT2D eigenvalue weighted by Gasteiger charge is 2.54. The Labute approximate surface area is 675 Å². The number of aromatic nitrogens is 1. The fourth-order valence-electron chi connectivity index (χ4n) is 19.1. The monoisotopic (exact) mass is 1460 g/mol. The second-order valence-corrected chi connectivity index (χ2v) is 34.1. The van der Waals surface area contributed by atoms with Crippen LogP contribution < -0.4 is 26.2 Å². The summed E-state index contributed by atoms with van der Waals surface area (Å²) < 4.78 is 78.3. The Bertz CT molecular complexity index is 6970. The largest absolute Gasteiger partial charge is 0.310 e. The molecule has 0 fully saturated rings. The summed E-state index contributed by atoms with van der Waals surface area (Å²) in [5, 5.41) is 0.0202. The first kappa shape index (κ1) is 59.8. The summed E-state index contributed by atoms with van der Waals surface area (Å²) in [4.78, 5) is 5.15. The third kappa shape index (κ3) is 10.5. The normalized spacial score (nSPS) is 14.5. The number of rotatable bonds is 9. The van der Waals surface area contributed by atoms with E-state index < -0.39 is 48.4 Å². The highest BCUT2D eigenvalue weighted by Crippen LogP contribution is 2.65. The Hall–Kier alpha value is -13.0. The van der Waals surface area contributed by atoms with Gasteiger partial charge >= 0.3 is 0 Å². The van der Waals surface area contributed by atoms with E-state index in [2.05, 4.69) is 375 Å². The van der Waals surface area contributed by atoms with Crippen LogP contribution in [0.5, 0.6) is 0 Å². The Kier molecular flexibility index (Phi) is 13.5. The Morgan fingerprint density at radius 1 is 0.283 bits per heavy atom. The molecule has 4 aliphatic rings. The maximum atomic E-state index is 10.0. The predicted octanol–water partition coefficient (Wildman–Crippen LogP) is 27.1. The number of anilines is 6. The maximum absolute atomic E-state index is 10.0. The number of nitrogens with zero attached hydrogens (tertiary/aromatic N) is 3. The van der Waals surface area contributed by atoms with Crippen LogP contribution in [0.25, 0.3) is 117 Å². The van der Waals surface area contributed by atoms with Gasteiger partial charge in [0.25, 0.3) is 6.71 Å². The van der Waals surface area contributed by atoms with E-state index in [4.69, 9.17) is 0 Å². The van der Waals surface area contributed by atoms with Gasteiger partial charge in [0, 0.05) is 61.5 Å². The topological polar surface area (TPSA) is 11.4 Å². The lowest BCUT2D eigenvalue weighted by Gasteiger charge is -2.46. The number of benzene rings is 16. The zero-order valence-electron chi connectivity index (χ0n) is 72.9. The minimum absolute atomic E-state index is 0.0101. The van der Waals surface area contributed by atoms with Crippen LogP contribution in [-0.4, -0.2) is 11.3 Å². The van der Waals surface area contributed by atoms with Gasteiger partial charge in [-0.05, 0) is 199 Å². The number of para-hydroxylation sites is 3. The molecule has 0 N–H and O–H groups in total. The van der Waals surface area contributed by atoms with E-state index in [1.54, 1.807) is 4.57 Å². The predicted molar refractivity (Wildman–Crippen MR) is 480 cm³/mol. The molecule has 17 aromatic rings. The van der Waals surface area contributed by atoms with Crippen LogP contribution in [0, 0.1) is 0 Å². The van der Waals surface area contributed by atoms with Gasteiger partial charge in [-0.15, -0.1) is 0 Å². The fraction of sp³-hybridized carbons (Fsp3) is 0.119. The molecule has 3 heterocycles. The zero-order valence-corrected chi connectivity index (χ0v) is 64.9. The molecule has 0 saturated heterocycles. The molecule has 0 saturated carbocycles. The quantitative estimate of drug-likeness (QED) is 0.133. The molecule has 113 heavy (non-hydrogen) atoms. The third-order valence-electron chi connectivity index (χ3n) is 24.5. The highest BCUT2D eigenvalue weighted by molar-refractivity contribution is 7.00. The van der Waals surface area contributed by atoms with Crippen molar-refractivity contribution in [1.29, 1.82) is 0 Å². The van der Waals surface area contributed by atoms with Crippen molar-refractivity contribution in [3.05, 3.63) is 397 Å². The molecule has 0 atom stereocenters. The zero-order chi connectivity index (χ0) is 83.4. The maximum Gasteiger partial charge on any atom is 0.252 e. The van der Waals surface area contributed by atoms with Crippen LogP contribution in [0.2, 0.25) is 0 Å². The lowest BCUT2D eigenvalue weighted by molar-refractivity contribution is 0.569. The van der Waals surface area contributed by atoms with Crippen LogP contribution in [0.1, 0.15) is 112 Å². The first-order valence-corrected chi connectivity index (χ1v) is 39.5. The number of hydrogen-bond donors (Lipinski definition) is 0. The van der Waals surface area contributed by atoms with Crippen molar-refractivity contribution in [2.75, 3.05) is 9.80 Å². The SMILES string of the molecule is [2H]c1c([2H])c([2H])c2c(c1[2H])c1c([2H])c([2H])c([2H])c([2H])c1n2-c1ccc2c(c1)B1c3ccc(-c4cc(C(C)(C)C)cc(C(C)(C)C)c4)cc3N(c3c(-c4ccccc4)cc(C(C)(C)C)cc3-c3ccccc3)c3cc(-c4cccc5c4C4(c6ccccc6-c6ccccc64)c4ccccc4-5)cc(c31)N2c1c(-c2ccccc2)cccc1-c1ccccc1. The first-order valence-electron chi connectivity index (χ1n) is 43.5. The number of hydrogen-bond acceptors (Lipinski definition) is 2. The summed E-state index contributed by atoms with van der Waals surface area (Å²) in [5.74, 6) is 0. The molecule has 4 heteroatoms. The van der Waals surface area contributed by atoms with Crippen molar-refractivity contribution in [3.63, 3.8) is 0 Å². The fourth-order valence-corrected chi connectivity index (χ4v) is 19.1. The summed E-state index contributed by atoms with van der Waals surface area (Å²) in [5.41, 5.74) is 32.9. The molecule has 2 aliphatic carbocycles. The van der Waals surface area contributed by atoms with E-state index in [0.717, 1.165) is 123 Å². The van der Waals surface area contributed by atoms with Crippen molar-refractivity contribution >= 4 is 79.0 Å². The first-order chi connectivity index (χ1) is 58.3. The van der Waals surface area contributed by atoms with Gasteiger partial charge in [0.2, 0.25) is 0 Å². The van der Waals surface area contributed by atoms with Crippen molar-refractivity contribution < 1.29 is 11.0 Å². The smallest absolute Gasteiger partial charge is 0.252 e. The minimum Gasteiger partial charge on any atom is -0.310 e. The Morgan fingerprint density at radius 3 is 1.18 bits per heavy atom. The van der Waals surface area contributed by atoms with Crippen molar-refractivity contribution in [1.82, 2.24) is 4.57 Å². The minimum atomic E-state index is -0.773. The van der Waals surface area contributed by atoms with Crippen molar-refractivity contribution in [2.45, 2.75) is 84.0 Å². The van der Waals surface area contributed by atoms with Crippen LogP contribution in [0.4, 0.5) is 34.1 Å².